The summed E-state index contributed by atoms with van der Waals surface area (Å²) in [5.41, 5.74) is 1.83. The van der Waals surface area contributed by atoms with Crippen molar-refractivity contribution in [3.8, 4) is 0 Å². The fraction of sp³-hybridized carbons (Fsp3) is 0.429. The van der Waals surface area contributed by atoms with E-state index in [0.717, 1.165) is 11.1 Å². The van der Waals surface area contributed by atoms with Gasteiger partial charge in [0.05, 0.1) is 19.4 Å². The Morgan fingerprint density at radius 1 is 1.32 bits per heavy atom. The van der Waals surface area contributed by atoms with Crippen molar-refractivity contribution in [2.24, 2.45) is 5.92 Å². The van der Waals surface area contributed by atoms with Crippen LogP contribution in [0.25, 0.3) is 0 Å². The molecule has 4 nitrogen and oxygen atoms in total. The number of carbonyl (C=O) groups is 2. The molecule has 1 aromatic carbocycles. The van der Waals surface area contributed by atoms with Gasteiger partial charge in [-0.15, -0.1) is 0 Å². The van der Waals surface area contributed by atoms with E-state index in [1.165, 1.54) is 7.11 Å². The summed E-state index contributed by atoms with van der Waals surface area (Å²) in [5, 5.41) is 8.84. The maximum atomic E-state index is 11.3. The van der Waals surface area contributed by atoms with Crippen LogP contribution in [0.4, 0.5) is 0 Å². The van der Waals surface area contributed by atoms with Crippen LogP contribution in [-0.2, 0) is 26.5 Å². The first-order chi connectivity index (χ1) is 9.04. The van der Waals surface area contributed by atoms with Crippen LogP contribution in [0.5, 0.6) is 0 Å². The van der Waals surface area contributed by atoms with Crippen LogP contribution in [0.3, 0.4) is 0 Å². The number of thioether (sulfide) groups is 1. The predicted molar refractivity (Wildman–Crippen MR) is 75.1 cm³/mol. The molecule has 104 valence electrons. The third kappa shape index (κ3) is 5.34. The molecule has 0 spiro atoms. The van der Waals surface area contributed by atoms with Crippen molar-refractivity contribution in [3.05, 3.63) is 35.4 Å². The SMILES string of the molecule is COC(=O)C(C)CSCc1ccccc1CC(=O)O. The minimum absolute atomic E-state index is 0.0310. The summed E-state index contributed by atoms with van der Waals surface area (Å²) in [7, 11) is 1.38. The van der Waals surface area contributed by atoms with Gasteiger partial charge in [-0.3, -0.25) is 9.59 Å². The molecule has 1 rings (SSSR count). The van der Waals surface area contributed by atoms with Crippen LogP contribution in [0.15, 0.2) is 24.3 Å². The summed E-state index contributed by atoms with van der Waals surface area (Å²) in [6, 6.07) is 7.48. The number of benzene rings is 1. The summed E-state index contributed by atoms with van der Waals surface area (Å²) in [5.74, 6) is 0.159. The molecule has 0 radical (unpaired) electrons. The van der Waals surface area contributed by atoms with E-state index in [1.54, 1.807) is 11.8 Å². The third-order valence-electron chi connectivity index (χ3n) is 2.69. The first kappa shape index (κ1) is 15.6. The van der Waals surface area contributed by atoms with Gasteiger partial charge in [0.25, 0.3) is 0 Å². The number of carboxylic acids is 1. The van der Waals surface area contributed by atoms with Crippen molar-refractivity contribution in [2.75, 3.05) is 12.9 Å². The number of aliphatic carboxylic acids is 1. The zero-order valence-electron chi connectivity index (χ0n) is 11.1. The zero-order chi connectivity index (χ0) is 14.3. The van der Waals surface area contributed by atoms with E-state index >= 15 is 0 Å². The van der Waals surface area contributed by atoms with E-state index in [-0.39, 0.29) is 18.3 Å². The summed E-state index contributed by atoms with van der Waals surface area (Å²) in [4.78, 5) is 22.0. The minimum atomic E-state index is -0.833. The van der Waals surface area contributed by atoms with Crippen molar-refractivity contribution in [2.45, 2.75) is 19.1 Å². The lowest BCUT2D eigenvalue weighted by Gasteiger charge is -2.10. The monoisotopic (exact) mass is 282 g/mol. The highest BCUT2D eigenvalue weighted by Crippen LogP contribution is 2.19. The number of methoxy groups -OCH3 is 1. The zero-order valence-corrected chi connectivity index (χ0v) is 11.9. The standard InChI is InChI=1S/C14H18O4S/c1-10(14(17)18-2)8-19-9-12-6-4-3-5-11(12)7-13(15)16/h3-6,10H,7-9H2,1-2H3,(H,15,16). The molecule has 1 atom stereocenters. The van der Waals surface area contributed by atoms with Gasteiger partial charge in [0.1, 0.15) is 0 Å². The number of esters is 1. The van der Waals surface area contributed by atoms with Crippen molar-refractivity contribution in [1.29, 1.82) is 0 Å². The Labute approximate surface area is 117 Å². The topological polar surface area (TPSA) is 63.6 Å². The first-order valence-electron chi connectivity index (χ1n) is 5.98. The van der Waals surface area contributed by atoms with E-state index in [2.05, 4.69) is 4.74 Å². The maximum Gasteiger partial charge on any atom is 0.309 e. The van der Waals surface area contributed by atoms with Crippen LogP contribution in [-0.4, -0.2) is 29.9 Å². The molecule has 1 N–H and O–H groups in total. The van der Waals surface area contributed by atoms with Crippen LogP contribution in [0, 0.1) is 5.92 Å². The van der Waals surface area contributed by atoms with Gasteiger partial charge in [0.2, 0.25) is 0 Å². The van der Waals surface area contributed by atoms with Gasteiger partial charge in [-0.1, -0.05) is 31.2 Å². The number of carboxylic acid groups (broad SMARTS) is 1. The van der Waals surface area contributed by atoms with E-state index in [0.29, 0.717) is 11.5 Å². The Hall–Kier alpha value is -1.49. The van der Waals surface area contributed by atoms with Crippen LogP contribution in [0.2, 0.25) is 0 Å². The molecule has 19 heavy (non-hydrogen) atoms. The van der Waals surface area contributed by atoms with Gasteiger partial charge in [-0.05, 0) is 11.1 Å². The largest absolute Gasteiger partial charge is 0.481 e. The third-order valence-corrected chi connectivity index (χ3v) is 3.94. The van der Waals surface area contributed by atoms with Gasteiger partial charge >= 0.3 is 11.9 Å². The van der Waals surface area contributed by atoms with Gasteiger partial charge in [-0.25, -0.2) is 0 Å². The fourth-order valence-electron chi connectivity index (χ4n) is 1.65. The number of ether oxygens (including phenoxy) is 1. The average molecular weight is 282 g/mol. The normalized spacial score (nSPS) is 11.9. The minimum Gasteiger partial charge on any atom is -0.481 e. The summed E-state index contributed by atoms with van der Waals surface area (Å²) in [6.07, 6.45) is 0.0310. The second-order valence-corrected chi connectivity index (χ2v) is 5.31. The van der Waals surface area contributed by atoms with E-state index in [1.807, 2.05) is 31.2 Å². The molecular formula is C14H18O4S. The van der Waals surface area contributed by atoms with Gasteiger partial charge in [0.15, 0.2) is 0 Å². The summed E-state index contributed by atoms with van der Waals surface area (Å²) in [6.45, 7) is 1.82. The predicted octanol–water partition coefficient (Wildman–Crippen LogP) is 2.36. The molecule has 0 aliphatic carbocycles. The van der Waals surface area contributed by atoms with E-state index in [9.17, 15) is 9.59 Å². The quantitative estimate of drug-likeness (QED) is 0.778. The van der Waals surface area contributed by atoms with E-state index in [4.69, 9.17) is 5.11 Å². The van der Waals surface area contributed by atoms with Gasteiger partial charge < -0.3 is 9.84 Å². The van der Waals surface area contributed by atoms with Gasteiger partial charge in [-0.2, -0.15) is 11.8 Å². The summed E-state index contributed by atoms with van der Waals surface area (Å²) < 4.78 is 4.66. The Kier molecular flexibility index (Phi) is 6.42. The lowest BCUT2D eigenvalue weighted by atomic mass is 10.1. The van der Waals surface area contributed by atoms with Crippen LogP contribution >= 0.6 is 11.8 Å². The Balaban J connectivity index is 2.53. The smallest absolute Gasteiger partial charge is 0.309 e. The Morgan fingerprint density at radius 3 is 2.53 bits per heavy atom. The lowest BCUT2D eigenvalue weighted by Crippen LogP contribution is -2.15. The average Bonchev–Trinajstić information content (AvgIpc) is 2.39. The molecule has 5 heteroatoms. The van der Waals surface area contributed by atoms with Crippen molar-refractivity contribution in [1.82, 2.24) is 0 Å². The molecule has 0 bridgehead atoms. The van der Waals surface area contributed by atoms with Crippen molar-refractivity contribution < 1.29 is 19.4 Å². The second-order valence-electron chi connectivity index (χ2n) is 4.28. The first-order valence-corrected chi connectivity index (χ1v) is 7.14. The molecule has 0 fully saturated rings. The Bertz CT molecular complexity index is 445. The van der Waals surface area contributed by atoms with Crippen molar-refractivity contribution in [3.63, 3.8) is 0 Å². The molecule has 0 aliphatic heterocycles. The highest BCUT2D eigenvalue weighted by Gasteiger charge is 2.13. The molecule has 0 saturated carbocycles. The van der Waals surface area contributed by atoms with Crippen LogP contribution < -0.4 is 0 Å². The summed E-state index contributed by atoms with van der Waals surface area (Å²) >= 11 is 1.61. The number of hydrogen-bond donors (Lipinski definition) is 1. The molecule has 0 saturated heterocycles. The molecule has 0 amide bonds. The second kappa shape index (κ2) is 7.84. The highest BCUT2D eigenvalue weighted by atomic mass is 32.2. The molecule has 0 heterocycles. The lowest BCUT2D eigenvalue weighted by molar-refractivity contribution is -0.144. The molecule has 1 aromatic rings. The number of carbonyl (C=O) groups excluding carboxylic acids is 1. The van der Waals surface area contributed by atoms with Gasteiger partial charge in [0, 0.05) is 11.5 Å². The van der Waals surface area contributed by atoms with Crippen molar-refractivity contribution >= 4 is 23.7 Å². The van der Waals surface area contributed by atoms with Crippen LogP contribution in [0.1, 0.15) is 18.1 Å². The molecule has 0 aliphatic rings. The van der Waals surface area contributed by atoms with E-state index < -0.39 is 5.97 Å². The number of rotatable bonds is 7. The molecule has 0 aromatic heterocycles. The maximum absolute atomic E-state index is 11.3. The fourth-order valence-corrected chi connectivity index (χ4v) is 2.76. The molecule has 1 unspecified atom stereocenters. The Morgan fingerprint density at radius 2 is 1.95 bits per heavy atom. The molecular weight excluding hydrogens is 264 g/mol. The number of hydrogen-bond acceptors (Lipinski definition) is 4. The highest BCUT2D eigenvalue weighted by molar-refractivity contribution is 7.98.